The Balaban J connectivity index is 2.04. The second kappa shape index (κ2) is 12.9. The van der Waals surface area contributed by atoms with E-state index in [-0.39, 0.29) is 17.3 Å². The average Bonchev–Trinajstić information content (AvgIpc) is 2.89. The summed E-state index contributed by atoms with van der Waals surface area (Å²) in [5, 5.41) is 3.30. The summed E-state index contributed by atoms with van der Waals surface area (Å²) >= 11 is 6.14. The van der Waals surface area contributed by atoms with E-state index in [1.54, 1.807) is 50.2 Å². The van der Waals surface area contributed by atoms with Crippen LogP contribution in [0, 0.1) is 13.8 Å². The molecule has 38 heavy (non-hydrogen) atoms. The molecular weight excluding hydrogens is 522 g/mol. The predicted octanol–water partition coefficient (Wildman–Crippen LogP) is 5.10. The largest absolute Gasteiger partial charge is 0.354 e. The van der Waals surface area contributed by atoms with Crippen LogP contribution >= 0.6 is 11.6 Å². The van der Waals surface area contributed by atoms with Crippen LogP contribution in [0.25, 0.3) is 0 Å². The van der Waals surface area contributed by atoms with Gasteiger partial charge < -0.3 is 10.2 Å². The molecule has 0 aliphatic heterocycles. The van der Waals surface area contributed by atoms with Gasteiger partial charge in [0.2, 0.25) is 11.8 Å². The molecule has 202 valence electrons. The summed E-state index contributed by atoms with van der Waals surface area (Å²) in [6.45, 7) is 7.43. The van der Waals surface area contributed by atoms with Gasteiger partial charge in [-0.15, -0.1) is 0 Å². The van der Waals surface area contributed by atoms with Crippen LogP contribution in [0.5, 0.6) is 0 Å². The Labute approximate surface area is 230 Å². The number of hydrogen-bond donors (Lipinski definition) is 1. The molecule has 1 N–H and O–H groups in total. The molecule has 0 saturated carbocycles. The number of nitrogens with one attached hydrogen (secondary N) is 1. The van der Waals surface area contributed by atoms with Gasteiger partial charge in [-0.3, -0.25) is 13.9 Å². The highest BCUT2D eigenvalue weighted by molar-refractivity contribution is 7.92. The Morgan fingerprint density at radius 1 is 0.974 bits per heavy atom. The molecule has 0 aliphatic rings. The summed E-state index contributed by atoms with van der Waals surface area (Å²) < 4.78 is 28.7. The average molecular weight is 556 g/mol. The third kappa shape index (κ3) is 7.14. The zero-order valence-corrected chi connectivity index (χ0v) is 23.7. The molecule has 0 fully saturated rings. The number of anilines is 1. The van der Waals surface area contributed by atoms with E-state index in [1.807, 2.05) is 38.1 Å². The molecule has 0 aromatic heterocycles. The molecule has 0 aliphatic carbocycles. The topological polar surface area (TPSA) is 86.8 Å². The smallest absolute Gasteiger partial charge is 0.264 e. The zero-order chi connectivity index (χ0) is 27.9. The fourth-order valence-corrected chi connectivity index (χ4v) is 5.84. The molecule has 3 aromatic carbocycles. The lowest BCUT2D eigenvalue weighted by molar-refractivity contribution is -0.139. The van der Waals surface area contributed by atoms with Gasteiger partial charge >= 0.3 is 0 Å². The Kier molecular flexibility index (Phi) is 9.94. The summed E-state index contributed by atoms with van der Waals surface area (Å²) in [5.74, 6) is -0.799. The second-order valence-corrected chi connectivity index (χ2v) is 11.5. The number of aryl methyl sites for hydroxylation is 2. The number of amides is 2. The predicted molar refractivity (Wildman–Crippen MR) is 152 cm³/mol. The van der Waals surface area contributed by atoms with Crippen LogP contribution in [0.15, 0.2) is 77.7 Å². The van der Waals surface area contributed by atoms with E-state index in [2.05, 4.69) is 5.32 Å². The van der Waals surface area contributed by atoms with Crippen molar-refractivity contribution in [2.45, 2.75) is 51.6 Å². The van der Waals surface area contributed by atoms with Crippen LogP contribution in [0.4, 0.5) is 5.69 Å². The van der Waals surface area contributed by atoms with Gasteiger partial charge in [-0.1, -0.05) is 66.6 Å². The SMILES string of the molecule is CCCNC(=O)[C@@H](C)N(Cc1cccc(C)c1)C(=O)CN(c1ccc(Cl)cc1C)S(=O)(=O)c1ccccc1. The van der Waals surface area contributed by atoms with Crippen molar-refractivity contribution in [2.75, 3.05) is 17.4 Å². The fourth-order valence-electron chi connectivity index (χ4n) is 4.12. The molecule has 0 saturated heterocycles. The summed E-state index contributed by atoms with van der Waals surface area (Å²) in [7, 11) is -4.12. The minimum Gasteiger partial charge on any atom is -0.354 e. The first-order valence-electron chi connectivity index (χ1n) is 12.5. The van der Waals surface area contributed by atoms with Gasteiger partial charge in [-0.2, -0.15) is 0 Å². The molecule has 1 atom stereocenters. The lowest BCUT2D eigenvalue weighted by Gasteiger charge is -2.32. The van der Waals surface area contributed by atoms with E-state index in [0.29, 0.717) is 22.8 Å². The molecule has 0 bridgehead atoms. The summed E-state index contributed by atoms with van der Waals surface area (Å²) in [4.78, 5) is 28.3. The van der Waals surface area contributed by atoms with Crippen LogP contribution < -0.4 is 9.62 Å². The third-order valence-corrected chi connectivity index (χ3v) is 8.20. The molecule has 0 heterocycles. The molecule has 2 amide bonds. The maximum Gasteiger partial charge on any atom is 0.264 e. The maximum atomic E-state index is 13.9. The molecular formula is C29H34ClN3O4S. The number of rotatable bonds is 11. The van der Waals surface area contributed by atoms with Crippen LogP contribution in [-0.2, 0) is 26.2 Å². The lowest BCUT2D eigenvalue weighted by atomic mass is 10.1. The molecule has 0 spiro atoms. The third-order valence-electron chi connectivity index (χ3n) is 6.19. The van der Waals surface area contributed by atoms with Gasteiger partial charge in [0.15, 0.2) is 0 Å². The van der Waals surface area contributed by atoms with Crippen LogP contribution in [0.1, 0.15) is 37.0 Å². The number of carbonyl (C=O) groups is 2. The Bertz CT molecular complexity index is 1380. The van der Waals surface area contributed by atoms with Gasteiger partial charge in [0.25, 0.3) is 10.0 Å². The first kappa shape index (κ1) is 29.2. The van der Waals surface area contributed by atoms with Crippen molar-refractivity contribution in [2.24, 2.45) is 0 Å². The highest BCUT2D eigenvalue weighted by Crippen LogP contribution is 2.29. The van der Waals surface area contributed by atoms with Crippen molar-refractivity contribution in [3.63, 3.8) is 0 Å². The molecule has 0 unspecified atom stereocenters. The molecule has 3 rings (SSSR count). The van der Waals surface area contributed by atoms with Crippen LogP contribution in [0.3, 0.4) is 0 Å². The number of hydrogen-bond acceptors (Lipinski definition) is 4. The number of halogens is 1. The number of nitrogens with zero attached hydrogens (tertiary/aromatic N) is 2. The van der Waals surface area contributed by atoms with E-state index in [0.717, 1.165) is 21.9 Å². The standard InChI is InChI=1S/C29H34ClN3O4S/c1-5-16-31-29(35)23(4)32(19-24-11-9-10-21(2)17-24)28(34)20-33(27-15-14-25(30)18-22(27)3)38(36,37)26-12-7-6-8-13-26/h6-15,17-18,23H,5,16,19-20H2,1-4H3,(H,31,35)/t23-/m1/s1. The zero-order valence-electron chi connectivity index (χ0n) is 22.1. The van der Waals surface area contributed by atoms with Gasteiger partial charge in [0, 0.05) is 18.1 Å². The first-order valence-corrected chi connectivity index (χ1v) is 14.3. The van der Waals surface area contributed by atoms with Crippen molar-refractivity contribution < 1.29 is 18.0 Å². The highest BCUT2D eigenvalue weighted by atomic mass is 35.5. The summed E-state index contributed by atoms with van der Waals surface area (Å²) in [5.41, 5.74) is 2.80. The molecule has 0 radical (unpaired) electrons. The van der Waals surface area contributed by atoms with E-state index >= 15 is 0 Å². The van der Waals surface area contributed by atoms with E-state index < -0.39 is 28.5 Å². The fraction of sp³-hybridized carbons (Fsp3) is 0.310. The minimum absolute atomic E-state index is 0.0566. The minimum atomic E-state index is -4.12. The van der Waals surface area contributed by atoms with Gasteiger partial charge in [0.05, 0.1) is 10.6 Å². The molecule has 3 aromatic rings. The van der Waals surface area contributed by atoms with Crippen molar-refractivity contribution in [3.8, 4) is 0 Å². The van der Waals surface area contributed by atoms with Gasteiger partial charge in [-0.25, -0.2) is 8.42 Å². The van der Waals surface area contributed by atoms with Crippen LogP contribution in [0.2, 0.25) is 5.02 Å². The lowest BCUT2D eigenvalue weighted by Crippen LogP contribution is -2.51. The molecule has 7 nitrogen and oxygen atoms in total. The monoisotopic (exact) mass is 555 g/mol. The first-order chi connectivity index (χ1) is 18.0. The Morgan fingerprint density at radius 2 is 1.68 bits per heavy atom. The highest BCUT2D eigenvalue weighted by Gasteiger charge is 2.33. The van der Waals surface area contributed by atoms with Crippen molar-refractivity contribution in [3.05, 3.63) is 94.5 Å². The van der Waals surface area contributed by atoms with Crippen LogP contribution in [-0.4, -0.2) is 44.3 Å². The quantitative estimate of drug-likeness (QED) is 0.357. The van der Waals surface area contributed by atoms with E-state index in [1.165, 1.54) is 17.0 Å². The van der Waals surface area contributed by atoms with Gasteiger partial charge in [0.1, 0.15) is 12.6 Å². The Morgan fingerprint density at radius 3 is 2.32 bits per heavy atom. The summed E-state index contributed by atoms with van der Waals surface area (Å²) in [6.07, 6.45) is 0.753. The normalized spacial score (nSPS) is 12.0. The van der Waals surface area contributed by atoms with Gasteiger partial charge in [-0.05, 0) is 68.7 Å². The molecule has 9 heteroatoms. The van der Waals surface area contributed by atoms with Crippen molar-refractivity contribution >= 4 is 39.1 Å². The summed E-state index contributed by atoms with van der Waals surface area (Å²) in [6, 6.07) is 19.6. The van der Waals surface area contributed by atoms with Crippen molar-refractivity contribution in [1.82, 2.24) is 10.2 Å². The van der Waals surface area contributed by atoms with E-state index in [9.17, 15) is 18.0 Å². The number of carbonyl (C=O) groups excluding carboxylic acids is 2. The number of benzene rings is 3. The number of sulfonamides is 1. The van der Waals surface area contributed by atoms with E-state index in [4.69, 9.17) is 11.6 Å². The van der Waals surface area contributed by atoms with Crippen molar-refractivity contribution in [1.29, 1.82) is 0 Å². The second-order valence-electron chi connectivity index (χ2n) is 9.23. The maximum absolute atomic E-state index is 13.9. The Hall–Kier alpha value is -3.36.